The zero-order chi connectivity index (χ0) is 13.8. The van der Waals surface area contributed by atoms with Crippen molar-refractivity contribution in [3.8, 4) is 0 Å². The van der Waals surface area contributed by atoms with Gasteiger partial charge in [-0.25, -0.2) is 15.0 Å². The molecule has 0 saturated carbocycles. The maximum Gasteiger partial charge on any atom is 0.133 e. The quantitative estimate of drug-likeness (QED) is 0.880. The lowest BCUT2D eigenvalue weighted by molar-refractivity contribution is 0.774. The molecule has 2 heterocycles. The summed E-state index contributed by atoms with van der Waals surface area (Å²) in [4.78, 5) is 12.9. The molecule has 5 nitrogen and oxygen atoms in total. The van der Waals surface area contributed by atoms with Crippen molar-refractivity contribution < 1.29 is 0 Å². The summed E-state index contributed by atoms with van der Waals surface area (Å²) in [6.07, 6.45) is 1.77. The molecule has 0 bridgehead atoms. The Morgan fingerprint density at radius 3 is 2.74 bits per heavy atom. The molecule has 100 valence electrons. The number of anilines is 2. The summed E-state index contributed by atoms with van der Waals surface area (Å²) in [6, 6.07) is 5.74. The first-order valence-electron chi connectivity index (χ1n) is 6.34. The number of hydrogen-bond donors (Lipinski definition) is 2. The van der Waals surface area contributed by atoms with E-state index in [-0.39, 0.29) is 0 Å². The molecule has 0 aromatic carbocycles. The van der Waals surface area contributed by atoms with Crippen molar-refractivity contribution in [3.05, 3.63) is 41.5 Å². The Morgan fingerprint density at radius 1 is 1.26 bits per heavy atom. The van der Waals surface area contributed by atoms with E-state index in [2.05, 4.69) is 34.1 Å². The SMILES string of the molecule is Cc1cc(CNc2ccnc(C(C)C)n2)cc(N)n1. The van der Waals surface area contributed by atoms with E-state index in [0.29, 0.717) is 18.3 Å². The van der Waals surface area contributed by atoms with Gasteiger partial charge in [0.1, 0.15) is 17.5 Å². The number of rotatable bonds is 4. The Balaban J connectivity index is 2.07. The van der Waals surface area contributed by atoms with Crippen LogP contribution in [-0.4, -0.2) is 15.0 Å². The van der Waals surface area contributed by atoms with Crippen LogP contribution in [-0.2, 0) is 6.54 Å². The van der Waals surface area contributed by atoms with Crippen molar-refractivity contribution in [2.45, 2.75) is 33.2 Å². The molecular weight excluding hydrogens is 238 g/mol. The van der Waals surface area contributed by atoms with Crippen LogP contribution in [0.25, 0.3) is 0 Å². The molecule has 0 aliphatic rings. The minimum Gasteiger partial charge on any atom is -0.384 e. The molecule has 0 unspecified atom stereocenters. The summed E-state index contributed by atoms with van der Waals surface area (Å²) < 4.78 is 0. The highest BCUT2D eigenvalue weighted by Crippen LogP contribution is 2.13. The number of pyridine rings is 1. The van der Waals surface area contributed by atoms with Gasteiger partial charge in [-0.3, -0.25) is 0 Å². The zero-order valence-corrected chi connectivity index (χ0v) is 11.5. The predicted molar refractivity (Wildman–Crippen MR) is 76.8 cm³/mol. The lowest BCUT2D eigenvalue weighted by Gasteiger charge is -2.09. The van der Waals surface area contributed by atoms with Crippen LogP contribution in [0.4, 0.5) is 11.6 Å². The van der Waals surface area contributed by atoms with Gasteiger partial charge in [0.15, 0.2) is 0 Å². The van der Waals surface area contributed by atoms with Crippen LogP contribution < -0.4 is 11.1 Å². The fourth-order valence-electron chi connectivity index (χ4n) is 1.81. The normalized spacial score (nSPS) is 10.7. The first-order chi connectivity index (χ1) is 9.04. The van der Waals surface area contributed by atoms with Gasteiger partial charge in [-0.05, 0) is 30.7 Å². The van der Waals surface area contributed by atoms with Gasteiger partial charge in [-0.1, -0.05) is 13.8 Å². The summed E-state index contributed by atoms with van der Waals surface area (Å²) >= 11 is 0. The number of aryl methyl sites for hydroxylation is 1. The molecule has 3 N–H and O–H groups in total. The average Bonchev–Trinajstić information content (AvgIpc) is 2.35. The molecule has 2 aromatic heterocycles. The number of nitrogens with one attached hydrogen (secondary N) is 1. The van der Waals surface area contributed by atoms with Crippen LogP contribution in [0.1, 0.15) is 36.8 Å². The molecule has 0 fully saturated rings. The van der Waals surface area contributed by atoms with Gasteiger partial charge in [0.05, 0.1) is 0 Å². The number of nitrogens with two attached hydrogens (primary N) is 1. The van der Waals surface area contributed by atoms with E-state index in [4.69, 9.17) is 5.73 Å². The summed E-state index contributed by atoms with van der Waals surface area (Å²) in [5.41, 5.74) is 7.74. The highest BCUT2D eigenvalue weighted by atomic mass is 15.0. The maximum atomic E-state index is 5.73. The minimum atomic E-state index is 0.320. The van der Waals surface area contributed by atoms with Crippen LogP contribution in [0.15, 0.2) is 24.4 Å². The Labute approximate surface area is 113 Å². The van der Waals surface area contributed by atoms with Gasteiger partial charge in [0.25, 0.3) is 0 Å². The molecule has 5 heteroatoms. The number of nitrogen functional groups attached to an aromatic ring is 1. The van der Waals surface area contributed by atoms with Gasteiger partial charge in [-0.15, -0.1) is 0 Å². The first kappa shape index (κ1) is 13.3. The van der Waals surface area contributed by atoms with Crippen LogP contribution in [0, 0.1) is 6.92 Å². The second-order valence-electron chi connectivity index (χ2n) is 4.85. The standard InChI is InChI=1S/C14H19N5/c1-9(2)14-16-5-4-13(19-14)17-8-11-6-10(3)18-12(15)7-11/h4-7,9H,8H2,1-3H3,(H2,15,18)(H,16,17,19). The van der Waals surface area contributed by atoms with Crippen LogP contribution in [0.2, 0.25) is 0 Å². The molecule has 2 aromatic rings. The molecule has 0 atom stereocenters. The lowest BCUT2D eigenvalue weighted by atomic mass is 10.2. The molecule has 0 saturated heterocycles. The molecule has 0 radical (unpaired) electrons. The van der Waals surface area contributed by atoms with Crippen LogP contribution >= 0.6 is 0 Å². The molecule has 19 heavy (non-hydrogen) atoms. The lowest BCUT2D eigenvalue weighted by Crippen LogP contribution is -2.06. The second kappa shape index (κ2) is 5.65. The van der Waals surface area contributed by atoms with Gasteiger partial charge in [0.2, 0.25) is 0 Å². The van der Waals surface area contributed by atoms with Crippen molar-refractivity contribution in [1.82, 2.24) is 15.0 Å². The molecule has 0 amide bonds. The maximum absolute atomic E-state index is 5.73. The van der Waals surface area contributed by atoms with Gasteiger partial charge < -0.3 is 11.1 Å². The largest absolute Gasteiger partial charge is 0.384 e. The highest BCUT2D eigenvalue weighted by molar-refractivity contribution is 5.39. The smallest absolute Gasteiger partial charge is 0.133 e. The van der Waals surface area contributed by atoms with E-state index in [9.17, 15) is 0 Å². The van der Waals surface area contributed by atoms with Crippen LogP contribution in [0.5, 0.6) is 0 Å². The van der Waals surface area contributed by atoms with Crippen LogP contribution in [0.3, 0.4) is 0 Å². The van der Waals surface area contributed by atoms with E-state index in [1.165, 1.54) is 0 Å². The molecular formula is C14H19N5. The van der Waals surface area contributed by atoms with Crippen molar-refractivity contribution in [2.75, 3.05) is 11.1 Å². The molecule has 0 spiro atoms. The third-order valence-corrected chi connectivity index (χ3v) is 2.70. The van der Waals surface area contributed by atoms with E-state index in [1.807, 2.05) is 25.1 Å². The third-order valence-electron chi connectivity index (χ3n) is 2.70. The van der Waals surface area contributed by atoms with Gasteiger partial charge >= 0.3 is 0 Å². The predicted octanol–water partition coefficient (Wildman–Crippen LogP) is 2.50. The van der Waals surface area contributed by atoms with Gasteiger partial charge in [-0.2, -0.15) is 0 Å². The fourth-order valence-corrected chi connectivity index (χ4v) is 1.81. The Kier molecular flexibility index (Phi) is 3.94. The van der Waals surface area contributed by atoms with Crippen molar-refractivity contribution in [2.24, 2.45) is 0 Å². The van der Waals surface area contributed by atoms with Crippen molar-refractivity contribution >= 4 is 11.6 Å². The number of nitrogens with zero attached hydrogens (tertiary/aromatic N) is 3. The fraction of sp³-hybridized carbons (Fsp3) is 0.357. The Bertz CT molecular complexity index is 545. The first-order valence-corrected chi connectivity index (χ1v) is 6.34. The van der Waals surface area contributed by atoms with E-state index in [0.717, 1.165) is 22.9 Å². The summed E-state index contributed by atoms with van der Waals surface area (Å²) in [7, 11) is 0. The van der Waals surface area contributed by atoms with Gasteiger partial charge in [0, 0.05) is 24.4 Å². The Morgan fingerprint density at radius 2 is 2.05 bits per heavy atom. The number of hydrogen-bond acceptors (Lipinski definition) is 5. The van der Waals surface area contributed by atoms with E-state index >= 15 is 0 Å². The minimum absolute atomic E-state index is 0.320. The highest BCUT2D eigenvalue weighted by Gasteiger charge is 2.04. The topological polar surface area (TPSA) is 76.7 Å². The molecule has 0 aliphatic heterocycles. The average molecular weight is 257 g/mol. The summed E-state index contributed by atoms with van der Waals surface area (Å²) in [5.74, 6) is 2.53. The van der Waals surface area contributed by atoms with Crippen molar-refractivity contribution in [3.63, 3.8) is 0 Å². The summed E-state index contributed by atoms with van der Waals surface area (Å²) in [6.45, 7) is 6.75. The third kappa shape index (κ3) is 3.64. The molecule has 0 aliphatic carbocycles. The van der Waals surface area contributed by atoms with E-state index < -0.39 is 0 Å². The monoisotopic (exact) mass is 257 g/mol. The second-order valence-corrected chi connectivity index (χ2v) is 4.85. The Hall–Kier alpha value is -2.17. The molecule has 2 rings (SSSR count). The summed E-state index contributed by atoms with van der Waals surface area (Å²) in [5, 5.41) is 3.28. The zero-order valence-electron chi connectivity index (χ0n) is 11.5. The van der Waals surface area contributed by atoms with Crippen molar-refractivity contribution in [1.29, 1.82) is 0 Å². The van der Waals surface area contributed by atoms with E-state index in [1.54, 1.807) is 6.20 Å². The number of aromatic nitrogens is 3.